The molecule has 0 bridgehead atoms. The Hall–Kier alpha value is -4.68. The average molecular weight is 699 g/mol. The lowest BCUT2D eigenvalue weighted by Gasteiger charge is -2.43. The molecular weight excluding hydrogens is 653 g/mol. The van der Waals surface area contributed by atoms with Gasteiger partial charge in [0.15, 0.2) is 6.10 Å². The summed E-state index contributed by atoms with van der Waals surface area (Å²) in [5.41, 5.74) is -1.13. The van der Waals surface area contributed by atoms with E-state index in [0.717, 1.165) is 30.7 Å². The SMILES string of the molecule is CC(=O)O[C@@H](C)C(=O)N(CC1CN(C(=O)OC(C)(C)C)CC1F)[C@@H](c1nc(-c2cc(F)ccc2F)cn1Cc1ccccc1)C(C)(C)CC=O. The van der Waals surface area contributed by atoms with E-state index in [-0.39, 0.29) is 49.7 Å². The Morgan fingerprint density at radius 1 is 1.06 bits per heavy atom. The number of aromatic nitrogens is 2. The predicted molar refractivity (Wildman–Crippen MR) is 179 cm³/mol. The molecule has 2 amide bonds. The lowest BCUT2D eigenvalue weighted by atomic mass is 9.79. The van der Waals surface area contributed by atoms with Crippen LogP contribution in [0.25, 0.3) is 11.3 Å². The molecule has 0 aliphatic carbocycles. The van der Waals surface area contributed by atoms with E-state index in [1.165, 1.54) is 16.7 Å². The highest BCUT2D eigenvalue weighted by molar-refractivity contribution is 5.83. The summed E-state index contributed by atoms with van der Waals surface area (Å²) < 4.78 is 57.8. The molecule has 1 saturated heterocycles. The zero-order valence-corrected chi connectivity index (χ0v) is 29.5. The van der Waals surface area contributed by atoms with E-state index < -0.39 is 64.9 Å². The molecule has 0 radical (unpaired) electrons. The van der Waals surface area contributed by atoms with E-state index in [9.17, 15) is 23.6 Å². The topological polar surface area (TPSA) is 111 Å². The lowest BCUT2D eigenvalue weighted by Crippen LogP contribution is -2.50. The molecule has 1 fully saturated rings. The molecule has 4 rings (SSSR count). The monoisotopic (exact) mass is 698 g/mol. The first-order chi connectivity index (χ1) is 23.4. The Morgan fingerprint density at radius 3 is 2.36 bits per heavy atom. The Labute approximate surface area is 290 Å². The van der Waals surface area contributed by atoms with Gasteiger partial charge in [-0.05, 0) is 56.9 Å². The summed E-state index contributed by atoms with van der Waals surface area (Å²) in [5.74, 6) is -3.52. The van der Waals surface area contributed by atoms with Gasteiger partial charge in [-0.25, -0.2) is 22.9 Å². The van der Waals surface area contributed by atoms with Gasteiger partial charge in [0.25, 0.3) is 5.91 Å². The van der Waals surface area contributed by atoms with E-state index in [1.54, 1.807) is 45.4 Å². The number of nitrogens with zero attached hydrogens (tertiary/aromatic N) is 4. The minimum absolute atomic E-state index is 0.0700. The molecule has 2 heterocycles. The van der Waals surface area contributed by atoms with E-state index in [4.69, 9.17) is 14.5 Å². The summed E-state index contributed by atoms with van der Waals surface area (Å²) in [6.45, 7) is 10.7. The quantitative estimate of drug-likeness (QED) is 0.157. The highest BCUT2D eigenvalue weighted by atomic mass is 19.1. The van der Waals surface area contributed by atoms with Crippen LogP contribution in [0.1, 0.15) is 72.3 Å². The predicted octanol–water partition coefficient (Wildman–Crippen LogP) is 6.52. The van der Waals surface area contributed by atoms with Crippen LogP contribution in [0.4, 0.5) is 18.0 Å². The molecule has 50 heavy (non-hydrogen) atoms. The molecule has 13 heteroatoms. The van der Waals surface area contributed by atoms with Crippen LogP contribution in [-0.2, 0) is 30.4 Å². The van der Waals surface area contributed by atoms with Gasteiger partial charge >= 0.3 is 12.1 Å². The molecule has 0 N–H and O–H groups in total. The van der Waals surface area contributed by atoms with Crippen molar-refractivity contribution >= 4 is 24.3 Å². The Kier molecular flexibility index (Phi) is 11.8. The molecule has 0 saturated carbocycles. The number of hydrogen-bond acceptors (Lipinski definition) is 7. The number of hydrogen-bond donors (Lipinski definition) is 0. The number of halogens is 3. The third kappa shape index (κ3) is 9.30. The Balaban J connectivity index is 1.90. The number of carbonyl (C=O) groups excluding carboxylic acids is 4. The summed E-state index contributed by atoms with van der Waals surface area (Å²) in [5, 5.41) is 0. The number of ether oxygens (including phenoxy) is 2. The zero-order chi connectivity index (χ0) is 37.0. The summed E-state index contributed by atoms with van der Waals surface area (Å²) >= 11 is 0. The highest BCUT2D eigenvalue weighted by Crippen LogP contribution is 2.43. The maximum atomic E-state index is 15.8. The van der Waals surface area contributed by atoms with Crippen molar-refractivity contribution in [2.24, 2.45) is 11.3 Å². The number of benzene rings is 2. The minimum Gasteiger partial charge on any atom is -0.453 e. The number of amides is 2. The number of likely N-dealkylation sites (tertiary alicyclic amines) is 1. The van der Waals surface area contributed by atoms with Gasteiger partial charge in [-0.3, -0.25) is 9.59 Å². The van der Waals surface area contributed by atoms with Gasteiger partial charge in [0.05, 0.1) is 18.3 Å². The first kappa shape index (κ1) is 38.1. The largest absolute Gasteiger partial charge is 0.453 e. The van der Waals surface area contributed by atoms with Crippen molar-refractivity contribution in [1.82, 2.24) is 19.4 Å². The molecule has 3 aromatic rings. The van der Waals surface area contributed by atoms with Crippen molar-refractivity contribution in [1.29, 1.82) is 0 Å². The maximum Gasteiger partial charge on any atom is 0.410 e. The first-order valence-electron chi connectivity index (χ1n) is 16.5. The number of aldehydes is 1. The van der Waals surface area contributed by atoms with Gasteiger partial charge in [-0.1, -0.05) is 44.2 Å². The second kappa shape index (κ2) is 15.5. The van der Waals surface area contributed by atoms with Crippen LogP contribution < -0.4 is 0 Å². The standard InChI is InChI=1S/C37H45F3N4O6/c1-23(49-24(2)46)34(47)44(20-26-19-43(21-30(26)40)35(48)50-36(3,4)5)32(37(6,7)15-16-45)33-41-31(28-17-27(38)13-14-29(28)39)22-42(33)18-25-11-9-8-10-12-25/h8-14,16-17,22-23,26,30,32H,15,18-21H2,1-7H3/t23-,26?,30?,32-/m0/s1. The molecule has 1 aromatic heterocycles. The van der Waals surface area contributed by atoms with E-state index >= 15 is 8.78 Å². The summed E-state index contributed by atoms with van der Waals surface area (Å²) in [4.78, 5) is 58.8. The van der Waals surface area contributed by atoms with Crippen LogP contribution in [0.15, 0.2) is 54.7 Å². The number of esters is 1. The van der Waals surface area contributed by atoms with Crippen LogP contribution in [0, 0.1) is 23.0 Å². The van der Waals surface area contributed by atoms with E-state index in [1.807, 2.05) is 30.3 Å². The zero-order valence-electron chi connectivity index (χ0n) is 29.5. The number of imidazole rings is 1. The van der Waals surface area contributed by atoms with Gasteiger partial charge in [0.1, 0.15) is 35.5 Å². The third-order valence-electron chi connectivity index (χ3n) is 8.53. The van der Waals surface area contributed by atoms with Crippen LogP contribution in [-0.4, -0.2) is 81.1 Å². The van der Waals surface area contributed by atoms with Gasteiger partial charge in [-0.2, -0.15) is 0 Å². The van der Waals surface area contributed by atoms with Crippen molar-refractivity contribution in [3.63, 3.8) is 0 Å². The number of carbonyl (C=O) groups is 4. The molecule has 10 nitrogen and oxygen atoms in total. The Bertz CT molecular complexity index is 1690. The molecule has 4 atom stereocenters. The lowest BCUT2D eigenvalue weighted by molar-refractivity contribution is -0.161. The molecule has 1 aliphatic rings. The fourth-order valence-electron chi connectivity index (χ4n) is 6.20. The molecular formula is C37H45F3N4O6. The van der Waals surface area contributed by atoms with Crippen molar-refractivity contribution < 1.29 is 41.8 Å². The van der Waals surface area contributed by atoms with Crippen molar-refractivity contribution in [2.45, 2.75) is 85.4 Å². The fourth-order valence-corrected chi connectivity index (χ4v) is 6.20. The molecule has 2 unspecified atom stereocenters. The summed E-state index contributed by atoms with van der Waals surface area (Å²) in [7, 11) is 0. The van der Waals surface area contributed by atoms with Crippen LogP contribution in [0.5, 0.6) is 0 Å². The average Bonchev–Trinajstić information content (AvgIpc) is 3.59. The first-order valence-corrected chi connectivity index (χ1v) is 16.5. The third-order valence-corrected chi connectivity index (χ3v) is 8.53. The smallest absolute Gasteiger partial charge is 0.410 e. The van der Waals surface area contributed by atoms with Crippen LogP contribution in [0.2, 0.25) is 0 Å². The number of rotatable bonds is 12. The van der Waals surface area contributed by atoms with Crippen LogP contribution >= 0.6 is 0 Å². The number of alkyl halides is 1. The van der Waals surface area contributed by atoms with E-state index in [2.05, 4.69) is 0 Å². The highest BCUT2D eigenvalue weighted by Gasteiger charge is 2.46. The van der Waals surface area contributed by atoms with Crippen molar-refractivity contribution in [2.75, 3.05) is 19.6 Å². The normalized spacial score (nSPS) is 17.6. The van der Waals surface area contributed by atoms with Crippen LogP contribution in [0.3, 0.4) is 0 Å². The second-order valence-corrected chi connectivity index (χ2v) is 14.4. The van der Waals surface area contributed by atoms with Gasteiger partial charge in [0, 0.05) is 50.7 Å². The van der Waals surface area contributed by atoms with Crippen molar-refractivity contribution in [3.05, 3.63) is 77.8 Å². The maximum absolute atomic E-state index is 15.8. The Morgan fingerprint density at radius 2 is 1.74 bits per heavy atom. The van der Waals surface area contributed by atoms with Gasteiger partial charge in [-0.15, -0.1) is 0 Å². The molecule has 270 valence electrons. The van der Waals surface area contributed by atoms with E-state index in [0.29, 0.717) is 6.29 Å². The molecule has 2 aromatic carbocycles. The van der Waals surface area contributed by atoms with Crippen molar-refractivity contribution in [3.8, 4) is 11.3 Å². The fraction of sp³-hybridized carbons (Fsp3) is 0.486. The summed E-state index contributed by atoms with van der Waals surface area (Å²) in [6.07, 6.45) is -1.43. The molecule has 0 spiro atoms. The summed E-state index contributed by atoms with van der Waals surface area (Å²) in [6, 6.07) is 11.1. The minimum atomic E-state index is -1.56. The van der Waals surface area contributed by atoms with Gasteiger partial charge < -0.3 is 28.6 Å². The second-order valence-electron chi connectivity index (χ2n) is 14.4. The molecule has 1 aliphatic heterocycles. The van der Waals surface area contributed by atoms with Gasteiger partial charge in [0.2, 0.25) is 0 Å².